The molecule has 0 amide bonds. The molecule has 5 nitrogen and oxygen atoms in total. The van der Waals surface area contributed by atoms with E-state index >= 15 is 0 Å². The fourth-order valence-corrected chi connectivity index (χ4v) is 3.20. The number of carbonyl (C=O) groups is 2. The molecule has 0 radical (unpaired) electrons. The summed E-state index contributed by atoms with van der Waals surface area (Å²) >= 11 is 1.47. The first-order chi connectivity index (χ1) is 12.0. The van der Waals surface area contributed by atoms with Gasteiger partial charge < -0.3 is 10.1 Å². The third-order valence-corrected chi connectivity index (χ3v) is 4.69. The van der Waals surface area contributed by atoms with E-state index in [0.717, 1.165) is 15.8 Å². The first-order valence-corrected chi connectivity index (χ1v) is 8.74. The van der Waals surface area contributed by atoms with Gasteiger partial charge >= 0.3 is 5.97 Å². The zero-order valence-corrected chi connectivity index (χ0v) is 14.8. The molecule has 0 aliphatic carbocycles. The Kier molecular flexibility index (Phi) is 5.09. The topological polar surface area (TPSA) is 68.3 Å². The van der Waals surface area contributed by atoms with Crippen LogP contribution in [0.2, 0.25) is 0 Å². The number of nitrogens with zero attached hydrogens (tertiary/aromatic N) is 1. The van der Waals surface area contributed by atoms with E-state index in [1.54, 1.807) is 19.1 Å². The van der Waals surface area contributed by atoms with Gasteiger partial charge in [0.2, 0.25) is 5.78 Å². The van der Waals surface area contributed by atoms with Crippen LogP contribution in [0.3, 0.4) is 0 Å². The average Bonchev–Trinajstić information content (AvgIpc) is 3.03. The fourth-order valence-electron chi connectivity index (χ4n) is 2.34. The van der Waals surface area contributed by atoms with E-state index in [0.29, 0.717) is 10.7 Å². The Morgan fingerprint density at radius 2 is 1.88 bits per heavy atom. The largest absolute Gasteiger partial charge is 0.453 e. The fraction of sp³-hybridized carbons (Fsp3) is 0.211. The zero-order chi connectivity index (χ0) is 17.8. The molecule has 1 aromatic heterocycles. The van der Waals surface area contributed by atoms with E-state index in [9.17, 15) is 9.59 Å². The number of benzene rings is 2. The van der Waals surface area contributed by atoms with Gasteiger partial charge in [-0.25, -0.2) is 4.98 Å². The molecular weight excluding hydrogens is 336 g/mol. The predicted octanol–water partition coefficient (Wildman–Crippen LogP) is 3.83. The molecule has 1 heterocycles. The lowest BCUT2D eigenvalue weighted by Crippen LogP contribution is -2.27. The molecule has 2 aromatic carbocycles. The van der Waals surface area contributed by atoms with E-state index in [4.69, 9.17) is 4.74 Å². The number of hydrogen-bond donors (Lipinski definition) is 1. The van der Waals surface area contributed by atoms with Gasteiger partial charge in [-0.15, -0.1) is 0 Å². The van der Waals surface area contributed by atoms with Crippen molar-refractivity contribution in [2.24, 2.45) is 0 Å². The highest BCUT2D eigenvalue weighted by Gasteiger charge is 2.19. The molecule has 6 heteroatoms. The van der Waals surface area contributed by atoms with Crippen molar-refractivity contribution >= 4 is 38.4 Å². The Balaban J connectivity index is 1.54. The number of ketones is 1. The maximum Gasteiger partial charge on any atom is 0.326 e. The molecule has 0 aliphatic heterocycles. The number of ether oxygens (including phenoxy) is 1. The number of para-hydroxylation sites is 1. The summed E-state index contributed by atoms with van der Waals surface area (Å²) < 4.78 is 6.26. The SMILES string of the molecule is Cc1ccc(C(=O)[C@@H](C)OC(=O)CNc2nc3ccccc3s2)cc1. The van der Waals surface area contributed by atoms with Gasteiger partial charge in [-0.3, -0.25) is 9.59 Å². The molecule has 0 fully saturated rings. The zero-order valence-electron chi connectivity index (χ0n) is 14.0. The third kappa shape index (κ3) is 4.22. The number of esters is 1. The monoisotopic (exact) mass is 354 g/mol. The number of nitrogens with one attached hydrogen (secondary N) is 1. The molecule has 1 atom stereocenters. The standard InChI is InChI=1S/C19H18N2O3S/c1-12-7-9-14(10-8-12)18(23)13(2)24-17(22)11-20-19-21-15-5-3-4-6-16(15)25-19/h3-10,13H,11H2,1-2H3,(H,20,21)/t13-/m1/s1. The number of hydrogen-bond acceptors (Lipinski definition) is 6. The first kappa shape index (κ1) is 17.1. The number of carbonyl (C=O) groups excluding carboxylic acids is 2. The van der Waals surface area contributed by atoms with Crippen molar-refractivity contribution in [2.45, 2.75) is 20.0 Å². The van der Waals surface area contributed by atoms with Crippen LogP contribution in [0.15, 0.2) is 48.5 Å². The van der Waals surface area contributed by atoms with Crippen LogP contribution in [0.1, 0.15) is 22.8 Å². The van der Waals surface area contributed by atoms with Crippen LogP contribution < -0.4 is 5.32 Å². The van der Waals surface area contributed by atoms with Crippen LogP contribution in [0.5, 0.6) is 0 Å². The van der Waals surface area contributed by atoms with Crippen molar-refractivity contribution in [1.82, 2.24) is 4.98 Å². The number of Topliss-reactive ketones (excluding diaryl/α,β-unsaturated/α-hetero) is 1. The lowest BCUT2D eigenvalue weighted by atomic mass is 10.1. The summed E-state index contributed by atoms with van der Waals surface area (Å²) in [6.07, 6.45) is -0.827. The maximum atomic E-state index is 12.3. The Morgan fingerprint density at radius 1 is 1.16 bits per heavy atom. The molecule has 25 heavy (non-hydrogen) atoms. The number of aromatic nitrogens is 1. The molecule has 0 saturated heterocycles. The van der Waals surface area contributed by atoms with Gasteiger partial charge in [-0.2, -0.15) is 0 Å². The molecule has 1 N–H and O–H groups in total. The highest BCUT2D eigenvalue weighted by atomic mass is 32.1. The van der Waals surface area contributed by atoms with Crippen molar-refractivity contribution < 1.29 is 14.3 Å². The Labute approximate surface area is 149 Å². The second kappa shape index (κ2) is 7.44. The summed E-state index contributed by atoms with van der Waals surface area (Å²) in [5, 5.41) is 3.60. The Morgan fingerprint density at radius 3 is 2.60 bits per heavy atom. The van der Waals surface area contributed by atoms with E-state index in [1.165, 1.54) is 11.3 Å². The van der Waals surface area contributed by atoms with Crippen molar-refractivity contribution in [3.63, 3.8) is 0 Å². The summed E-state index contributed by atoms with van der Waals surface area (Å²) in [6.45, 7) is 3.49. The number of anilines is 1. The van der Waals surface area contributed by atoms with Crippen LogP contribution in [-0.4, -0.2) is 29.4 Å². The maximum absolute atomic E-state index is 12.3. The van der Waals surface area contributed by atoms with Crippen LogP contribution in [-0.2, 0) is 9.53 Å². The van der Waals surface area contributed by atoms with Gasteiger partial charge in [0, 0.05) is 5.56 Å². The third-order valence-electron chi connectivity index (χ3n) is 3.69. The Hall–Kier alpha value is -2.73. The average molecular weight is 354 g/mol. The van der Waals surface area contributed by atoms with Gasteiger partial charge in [0.05, 0.1) is 10.2 Å². The summed E-state index contributed by atoms with van der Waals surface area (Å²) in [5.74, 6) is -0.708. The molecule has 0 saturated carbocycles. The molecule has 0 aliphatic rings. The second-order valence-corrected chi connectivity index (χ2v) is 6.73. The molecule has 128 valence electrons. The van der Waals surface area contributed by atoms with E-state index in [-0.39, 0.29) is 12.3 Å². The highest BCUT2D eigenvalue weighted by molar-refractivity contribution is 7.22. The molecule has 0 bridgehead atoms. The number of thiazole rings is 1. The van der Waals surface area contributed by atoms with Crippen LogP contribution >= 0.6 is 11.3 Å². The molecular formula is C19H18N2O3S. The highest BCUT2D eigenvalue weighted by Crippen LogP contribution is 2.25. The van der Waals surface area contributed by atoms with Gasteiger partial charge in [0.15, 0.2) is 11.2 Å². The minimum absolute atomic E-state index is 0.0364. The van der Waals surface area contributed by atoms with Crippen molar-refractivity contribution in [3.8, 4) is 0 Å². The first-order valence-electron chi connectivity index (χ1n) is 7.93. The van der Waals surface area contributed by atoms with Gasteiger partial charge in [0.1, 0.15) is 6.54 Å². The van der Waals surface area contributed by atoms with E-state index < -0.39 is 12.1 Å². The van der Waals surface area contributed by atoms with Crippen molar-refractivity contribution in [1.29, 1.82) is 0 Å². The lowest BCUT2D eigenvalue weighted by molar-refractivity contribution is -0.144. The van der Waals surface area contributed by atoms with E-state index in [1.807, 2.05) is 43.3 Å². The normalized spacial score (nSPS) is 11.9. The summed E-state index contributed by atoms with van der Waals surface area (Å²) in [4.78, 5) is 28.6. The molecule has 0 unspecified atom stereocenters. The minimum atomic E-state index is -0.827. The Bertz CT molecular complexity index is 869. The molecule has 3 rings (SSSR count). The van der Waals surface area contributed by atoms with Gasteiger partial charge in [-0.1, -0.05) is 53.3 Å². The quantitative estimate of drug-likeness (QED) is 0.538. The molecule has 0 spiro atoms. The number of fused-ring (bicyclic) bond motifs is 1. The second-order valence-electron chi connectivity index (χ2n) is 5.70. The number of aryl methyl sites for hydroxylation is 1. The predicted molar refractivity (Wildman–Crippen MR) is 99.2 cm³/mol. The lowest BCUT2D eigenvalue weighted by Gasteiger charge is -2.12. The minimum Gasteiger partial charge on any atom is -0.453 e. The van der Waals surface area contributed by atoms with Crippen LogP contribution in [0.4, 0.5) is 5.13 Å². The van der Waals surface area contributed by atoms with Crippen LogP contribution in [0, 0.1) is 6.92 Å². The summed E-state index contributed by atoms with van der Waals surface area (Å²) in [6, 6.07) is 14.9. The summed E-state index contributed by atoms with van der Waals surface area (Å²) in [7, 11) is 0. The van der Waals surface area contributed by atoms with E-state index in [2.05, 4.69) is 10.3 Å². The van der Waals surface area contributed by atoms with Gasteiger partial charge in [-0.05, 0) is 26.0 Å². The van der Waals surface area contributed by atoms with Crippen molar-refractivity contribution in [2.75, 3.05) is 11.9 Å². The summed E-state index contributed by atoms with van der Waals surface area (Å²) in [5.41, 5.74) is 2.48. The van der Waals surface area contributed by atoms with Crippen LogP contribution in [0.25, 0.3) is 10.2 Å². The van der Waals surface area contributed by atoms with Gasteiger partial charge in [0.25, 0.3) is 0 Å². The smallest absolute Gasteiger partial charge is 0.326 e. The van der Waals surface area contributed by atoms with Crippen molar-refractivity contribution in [3.05, 3.63) is 59.7 Å². The number of rotatable bonds is 6. The molecule has 3 aromatic rings.